The third-order valence-electron chi connectivity index (χ3n) is 3.92. The van der Waals surface area contributed by atoms with Crippen molar-refractivity contribution in [1.82, 2.24) is 4.98 Å². The number of esters is 1. The van der Waals surface area contributed by atoms with Gasteiger partial charge in [0.25, 0.3) is 0 Å². The first-order valence-corrected chi connectivity index (χ1v) is 7.28. The summed E-state index contributed by atoms with van der Waals surface area (Å²) < 4.78 is 10.6. The lowest BCUT2D eigenvalue weighted by Crippen LogP contribution is -2.18. The fraction of sp³-hybridized carbons (Fsp3) is 0.375. The van der Waals surface area contributed by atoms with Crippen molar-refractivity contribution in [2.45, 2.75) is 32.6 Å². The number of furan rings is 1. The fourth-order valence-corrected chi connectivity index (χ4v) is 2.92. The summed E-state index contributed by atoms with van der Waals surface area (Å²) in [6, 6.07) is 3.76. The molecule has 6 heteroatoms. The Kier molecular flexibility index (Phi) is 3.52. The molecule has 0 bridgehead atoms. The van der Waals surface area contributed by atoms with Crippen LogP contribution in [0.15, 0.2) is 16.5 Å². The fourth-order valence-electron chi connectivity index (χ4n) is 2.92. The molecule has 0 aliphatic heterocycles. The zero-order chi connectivity index (χ0) is 15.9. The minimum absolute atomic E-state index is 0.0400. The molecule has 3 rings (SSSR count). The molecule has 0 spiro atoms. The number of aromatic nitrogens is 1. The van der Waals surface area contributed by atoms with E-state index < -0.39 is 5.97 Å². The number of nitrogens with one attached hydrogen (secondary N) is 1. The molecule has 0 unspecified atom stereocenters. The Bertz CT molecular complexity index is 741. The van der Waals surface area contributed by atoms with Gasteiger partial charge in [-0.25, -0.2) is 4.79 Å². The number of ketones is 1. The number of hydrogen-bond donors (Lipinski definition) is 2. The van der Waals surface area contributed by atoms with Crippen LogP contribution in [0.3, 0.4) is 0 Å². The highest BCUT2D eigenvalue weighted by Gasteiger charge is 2.34. The highest BCUT2D eigenvalue weighted by molar-refractivity contribution is 6.08. The van der Waals surface area contributed by atoms with Crippen molar-refractivity contribution >= 4 is 17.4 Å². The van der Waals surface area contributed by atoms with Crippen molar-refractivity contribution in [2.24, 2.45) is 0 Å². The number of aryl methyl sites for hydroxylation is 1. The first-order valence-electron chi connectivity index (χ1n) is 7.28. The normalized spacial score (nSPS) is 17.4. The number of fused-ring (bicyclic) bond motifs is 1. The summed E-state index contributed by atoms with van der Waals surface area (Å²) in [6.45, 7) is 3.84. The van der Waals surface area contributed by atoms with Crippen molar-refractivity contribution in [3.05, 3.63) is 40.6 Å². The van der Waals surface area contributed by atoms with E-state index in [0.717, 1.165) is 11.5 Å². The molecule has 6 nitrogen and oxygen atoms in total. The van der Waals surface area contributed by atoms with E-state index in [1.54, 1.807) is 6.92 Å². The van der Waals surface area contributed by atoms with E-state index in [0.29, 0.717) is 24.1 Å². The molecule has 1 atom stereocenters. The molecule has 1 aliphatic rings. The maximum atomic E-state index is 12.4. The average molecular weight is 302 g/mol. The van der Waals surface area contributed by atoms with Crippen LogP contribution in [-0.4, -0.2) is 23.3 Å². The first-order chi connectivity index (χ1) is 10.5. The molecule has 0 fully saturated rings. The van der Waals surface area contributed by atoms with Crippen LogP contribution in [0, 0.1) is 6.92 Å². The van der Waals surface area contributed by atoms with Crippen LogP contribution < -0.4 is 5.73 Å². The van der Waals surface area contributed by atoms with Crippen LogP contribution in [0.1, 0.15) is 57.3 Å². The highest BCUT2D eigenvalue weighted by Crippen LogP contribution is 2.37. The minimum atomic E-state index is -0.535. The number of carbonyl (C=O) groups excluding carboxylic acids is 2. The summed E-state index contributed by atoms with van der Waals surface area (Å²) in [5, 5.41) is 0. The zero-order valence-electron chi connectivity index (χ0n) is 12.6. The molecule has 0 aromatic carbocycles. The Balaban J connectivity index is 1.95. The van der Waals surface area contributed by atoms with Crippen molar-refractivity contribution < 1.29 is 18.7 Å². The molecule has 1 aliphatic carbocycles. The molecule has 0 saturated carbocycles. The smallest absolute Gasteiger partial charge is 0.356 e. The zero-order valence-corrected chi connectivity index (χ0v) is 12.6. The van der Waals surface area contributed by atoms with Gasteiger partial charge in [-0.15, -0.1) is 0 Å². The van der Waals surface area contributed by atoms with Gasteiger partial charge in [-0.1, -0.05) is 0 Å². The predicted molar refractivity (Wildman–Crippen MR) is 80.0 cm³/mol. The van der Waals surface area contributed by atoms with Crippen LogP contribution >= 0.6 is 0 Å². The van der Waals surface area contributed by atoms with Gasteiger partial charge >= 0.3 is 5.97 Å². The van der Waals surface area contributed by atoms with E-state index >= 15 is 0 Å². The van der Waals surface area contributed by atoms with E-state index in [4.69, 9.17) is 14.9 Å². The quantitative estimate of drug-likeness (QED) is 0.849. The number of anilines is 1. The number of ether oxygens (including phenoxy) is 1. The molecule has 2 aromatic heterocycles. The van der Waals surface area contributed by atoms with Gasteiger partial charge in [0.1, 0.15) is 17.2 Å². The van der Waals surface area contributed by atoms with E-state index in [1.807, 2.05) is 19.1 Å². The highest BCUT2D eigenvalue weighted by atomic mass is 16.5. The molecular weight excluding hydrogens is 284 g/mol. The van der Waals surface area contributed by atoms with Gasteiger partial charge in [0.15, 0.2) is 5.78 Å². The SMILES string of the molecule is CCOC(=O)c1[nH]c2c(c1N)C(=O)C[C@H](c1ccc(C)o1)C2. The summed E-state index contributed by atoms with van der Waals surface area (Å²) >= 11 is 0. The lowest BCUT2D eigenvalue weighted by molar-refractivity contribution is 0.0521. The molecule has 0 radical (unpaired) electrons. The van der Waals surface area contributed by atoms with Crippen LogP contribution in [0.2, 0.25) is 0 Å². The van der Waals surface area contributed by atoms with Gasteiger partial charge in [0.2, 0.25) is 0 Å². The van der Waals surface area contributed by atoms with E-state index in [1.165, 1.54) is 0 Å². The molecule has 3 N–H and O–H groups in total. The minimum Gasteiger partial charge on any atom is -0.466 e. The van der Waals surface area contributed by atoms with Gasteiger partial charge in [0.05, 0.1) is 17.9 Å². The average Bonchev–Trinajstić information content (AvgIpc) is 3.03. The number of rotatable bonds is 3. The second kappa shape index (κ2) is 5.36. The third kappa shape index (κ3) is 2.30. The topological polar surface area (TPSA) is 98.3 Å². The van der Waals surface area contributed by atoms with E-state index in [9.17, 15) is 9.59 Å². The van der Waals surface area contributed by atoms with Crippen molar-refractivity contribution in [1.29, 1.82) is 0 Å². The van der Waals surface area contributed by atoms with Gasteiger partial charge < -0.3 is 19.9 Å². The van der Waals surface area contributed by atoms with Crippen molar-refractivity contribution in [3.8, 4) is 0 Å². The molecule has 0 amide bonds. The monoisotopic (exact) mass is 302 g/mol. The molecule has 116 valence electrons. The Morgan fingerprint density at radius 2 is 2.23 bits per heavy atom. The van der Waals surface area contributed by atoms with Gasteiger partial charge in [0, 0.05) is 18.0 Å². The number of nitrogen functional groups attached to an aromatic ring is 1. The summed E-state index contributed by atoms with van der Waals surface area (Å²) in [4.78, 5) is 27.2. The van der Waals surface area contributed by atoms with Crippen molar-refractivity contribution in [3.63, 3.8) is 0 Å². The number of nitrogens with two attached hydrogens (primary N) is 1. The largest absolute Gasteiger partial charge is 0.466 e. The van der Waals surface area contributed by atoms with Gasteiger partial charge in [-0.2, -0.15) is 0 Å². The Hall–Kier alpha value is -2.50. The molecule has 0 saturated heterocycles. The number of hydrogen-bond acceptors (Lipinski definition) is 5. The van der Waals surface area contributed by atoms with Crippen LogP contribution in [-0.2, 0) is 11.2 Å². The van der Waals surface area contributed by atoms with Gasteiger partial charge in [-0.05, 0) is 32.4 Å². The van der Waals surface area contributed by atoms with E-state index in [2.05, 4.69) is 4.98 Å². The summed E-state index contributed by atoms with van der Waals surface area (Å²) in [6.07, 6.45) is 0.905. The van der Waals surface area contributed by atoms with Gasteiger partial charge in [-0.3, -0.25) is 4.79 Å². The van der Waals surface area contributed by atoms with Crippen LogP contribution in [0.25, 0.3) is 0 Å². The van der Waals surface area contributed by atoms with Crippen molar-refractivity contribution in [2.75, 3.05) is 12.3 Å². The Labute approximate surface area is 127 Å². The number of carbonyl (C=O) groups is 2. The maximum Gasteiger partial charge on any atom is 0.356 e. The number of H-pyrrole nitrogens is 1. The predicted octanol–water partition coefficient (Wildman–Crippen LogP) is 2.59. The number of aromatic amines is 1. The first kappa shape index (κ1) is 14.4. The second-order valence-corrected chi connectivity index (χ2v) is 5.46. The second-order valence-electron chi connectivity index (χ2n) is 5.46. The lowest BCUT2D eigenvalue weighted by Gasteiger charge is -2.19. The van der Waals surface area contributed by atoms with E-state index in [-0.39, 0.29) is 29.7 Å². The summed E-state index contributed by atoms with van der Waals surface area (Å²) in [5.41, 5.74) is 7.40. The molecule has 2 heterocycles. The molecular formula is C16H18N2O4. The number of Topliss-reactive ketones (excluding diaryl/α,β-unsaturated/α-hetero) is 1. The summed E-state index contributed by atoms with van der Waals surface area (Å²) in [5.74, 6) is 0.938. The standard InChI is InChI=1S/C16H18N2O4/c1-3-21-16(20)15-14(17)13-10(18-15)6-9(7-11(13)19)12-5-4-8(2)22-12/h4-5,9,18H,3,6-7,17H2,1-2H3/t9-/m1/s1. The third-order valence-corrected chi connectivity index (χ3v) is 3.92. The van der Waals surface area contributed by atoms with Crippen LogP contribution in [0.4, 0.5) is 5.69 Å². The Morgan fingerprint density at radius 3 is 2.86 bits per heavy atom. The van der Waals surface area contributed by atoms with Crippen LogP contribution in [0.5, 0.6) is 0 Å². The lowest BCUT2D eigenvalue weighted by atomic mass is 9.85. The molecule has 22 heavy (non-hydrogen) atoms. The Morgan fingerprint density at radius 1 is 1.45 bits per heavy atom. The molecule has 2 aromatic rings. The summed E-state index contributed by atoms with van der Waals surface area (Å²) in [7, 11) is 0. The maximum absolute atomic E-state index is 12.4.